The Hall–Kier alpha value is -3.79. The Morgan fingerprint density at radius 1 is 0.692 bits per heavy atom. The molecule has 0 saturated heterocycles. The average molecular weight is 559 g/mol. The molecule has 222 valence electrons. The molecular formula is C23H42N8O8. The molecule has 16 nitrogen and oxygen atoms in total. The number of carbonyl (C=O) groups excluding carboxylic acids is 6. The van der Waals surface area contributed by atoms with Crippen molar-refractivity contribution < 1.29 is 38.7 Å². The van der Waals surface area contributed by atoms with Gasteiger partial charge in [0.15, 0.2) is 0 Å². The van der Waals surface area contributed by atoms with Gasteiger partial charge < -0.3 is 49.3 Å². The maximum absolute atomic E-state index is 13.0. The Kier molecular flexibility index (Phi) is 16.0. The van der Waals surface area contributed by atoms with Crippen LogP contribution in [0.25, 0.3) is 0 Å². The molecule has 6 amide bonds. The standard InChI is InChI=1S/C23H42N8O8/c1-11(2)8-14(29-19(34)12(3)28-20(35)13(25)6-4-5-7-24)21(36)30-15(9-17(26)32)22(37)31-16(23(38)39)10-18(27)33/h11-16H,4-10,24-25H2,1-3H3,(H2,26,32)(H2,27,33)(H,28,35)(H,29,34)(H,30,36)(H,31,37)(H,38,39)/t12-,13-,14-,15-,16-/m0/s1. The molecular weight excluding hydrogens is 516 g/mol. The molecule has 0 aromatic carbocycles. The molecule has 0 aromatic heterocycles. The third-order valence-electron chi connectivity index (χ3n) is 5.46. The highest BCUT2D eigenvalue weighted by molar-refractivity contribution is 5.97. The van der Waals surface area contributed by atoms with Gasteiger partial charge in [-0.3, -0.25) is 28.8 Å². The lowest BCUT2D eigenvalue weighted by atomic mass is 10.0. The van der Waals surface area contributed by atoms with E-state index < -0.39 is 84.5 Å². The second kappa shape index (κ2) is 17.7. The average Bonchev–Trinajstić information content (AvgIpc) is 2.81. The largest absolute Gasteiger partial charge is 0.480 e. The van der Waals surface area contributed by atoms with Crippen LogP contribution in [0.3, 0.4) is 0 Å². The number of hydrogen-bond acceptors (Lipinski definition) is 9. The third-order valence-corrected chi connectivity index (χ3v) is 5.46. The van der Waals surface area contributed by atoms with Crippen LogP contribution in [0.5, 0.6) is 0 Å². The van der Waals surface area contributed by atoms with E-state index in [2.05, 4.69) is 16.0 Å². The van der Waals surface area contributed by atoms with Gasteiger partial charge in [-0.1, -0.05) is 20.3 Å². The summed E-state index contributed by atoms with van der Waals surface area (Å²) in [5.74, 6) is -6.89. The molecule has 0 radical (unpaired) electrons. The van der Waals surface area contributed by atoms with Crippen LogP contribution in [-0.2, 0) is 33.6 Å². The zero-order chi connectivity index (χ0) is 30.3. The zero-order valence-electron chi connectivity index (χ0n) is 22.5. The highest BCUT2D eigenvalue weighted by Gasteiger charge is 2.32. The van der Waals surface area contributed by atoms with E-state index in [9.17, 15) is 38.7 Å². The summed E-state index contributed by atoms with van der Waals surface area (Å²) in [7, 11) is 0. The number of primary amides is 2. The Balaban J connectivity index is 5.50. The molecule has 0 aromatic rings. The van der Waals surface area contributed by atoms with Gasteiger partial charge >= 0.3 is 5.97 Å². The van der Waals surface area contributed by atoms with Gasteiger partial charge in [0.05, 0.1) is 18.9 Å². The van der Waals surface area contributed by atoms with Crippen LogP contribution in [0.15, 0.2) is 0 Å². The quantitative estimate of drug-likeness (QED) is 0.0698. The predicted molar refractivity (Wildman–Crippen MR) is 139 cm³/mol. The van der Waals surface area contributed by atoms with Gasteiger partial charge in [-0.2, -0.15) is 0 Å². The second-order valence-corrected chi connectivity index (χ2v) is 9.61. The van der Waals surface area contributed by atoms with Crippen LogP contribution in [0.1, 0.15) is 59.3 Å². The van der Waals surface area contributed by atoms with Crippen LogP contribution in [0.4, 0.5) is 0 Å². The van der Waals surface area contributed by atoms with Crippen molar-refractivity contribution in [2.45, 2.75) is 89.5 Å². The second-order valence-electron chi connectivity index (χ2n) is 9.61. The van der Waals surface area contributed by atoms with E-state index in [1.165, 1.54) is 6.92 Å². The van der Waals surface area contributed by atoms with E-state index in [0.29, 0.717) is 25.8 Å². The molecule has 0 heterocycles. The summed E-state index contributed by atoms with van der Waals surface area (Å²) in [6.07, 6.45) is 0.391. The number of nitrogens with one attached hydrogen (secondary N) is 4. The lowest BCUT2D eigenvalue weighted by molar-refractivity contribution is -0.144. The summed E-state index contributed by atoms with van der Waals surface area (Å²) in [6.45, 7) is 5.40. The van der Waals surface area contributed by atoms with Crippen LogP contribution < -0.4 is 44.2 Å². The van der Waals surface area contributed by atoms with Crippen LogP contribution >= 0.6 is 0 Å². The maximum atomic E-state index is 13.0. The molecule has 5 atom stereocenters. The summed E-state index contributed by atoms with van der Waals surface area (Å²) in [4.78, 5) is 84.7. The number of carboxylic acid groups (broad SMARTS) is 1. The number of rotatable bonds is 19. The number of aliphatic carboxylic acids is 1. The fraction of sp³-hybridized carbons (Fsp3) is 0.696. The summed E-state index contributed by atoms with van der Waals surface area (Å²) >= 11 is 0. The number of amides is 6. The number of nitrogens with two attached hydrogens (primary N) is 4. The van der Waals surface area contributed by atoms with Crippen LogP contribution in [0, 0.1) is 5.92 Å². The van der Waals surface area contributed by atoms with Crippen LogP contribution in [-0.4, -0.2) is 83.3 Å². The molecule has 0 aliphatic rings. The van der Waals surface area contributed by atoms with Gasteiger partial charge in [-0.25, -0.2) is 4.79 Å². The SMILES string of the molecule is CC(C)C[C@H](NC(=O)[C@H](C)NC(=O)[C@@H](N)CCCCN)C(=O)N[C@@H](CC(N)=O)C(=O)N[C@@H](CC(N)=O)C(=O)O. The molecule has 0 aliphatic heterocycles. The van der Waals surface area contributed by atoms with Gasteiger partial charge in [-0.15, -0.1) is 0 Å². The smallest absolute Gasteiger partial charge is 0.326 e. The molecule has 0 spiro atoms. The summed E-state index contributed by atoms with van der Waals surface area (Å²) in [6, 6.07) is -6.42. The number of unbranched alkanes of at least 4 members (excludes halogenated alkanes) is 1. The Morgan fingerprint density at radius 3 is 1.67 bits per heavy atom. The summed E-state index contributed by atoms with van der Waals surface area (Å²) in [5, 5.41) is 18.5. The molecule has 0 rings (SSSR count). The number of carboxylic acids is 1. The number of hydrogen-bond donors (Lipinski definition) is 9. The van der Waals surface area contributed by atoms with E-state index in [4.69, 9.17) is 22.9 Å². The number of carbonyl (C=O) groups is 7. The highest BCUT2D eigenvalue weighted by Crippen LogP contribution is 2.07. The minimum Gasteiger partial charge on any atom is -0.480 e. The molecule has 16 heteroatoms. The fourth-order valence-electron chi connectivity index (χ4n) is 3.38. The van der Waals surface area contributed by atoms with Gasteiger partial charge in [0.1, 0.15) is 24.2 Å². The molecule has 0 fully saturated rings. The van der Waals surface area contributed by atoms with E-state index >= 15 is 0 Å². The van der Waals surface area contributed by atoms with Crippen molar-refractivity contribution in [3.05, 3.63) is 0 Å². The van der Waals surface area contributed by atoms with Crippen molar-refractivity contribution >= 4 is 41.4 Å². The third kappa shape index (κ3) is 14.7. The van der Waals surface area contributed by atoms with E-state index in [0.717, 1.165) is 0 Å². The van der Waals surface area contributed by atoms with E-state index in [1.54, 1.807) is 13.8 Å². The van der Waals surface area contributed by atoms with E-state index in [1.807, 2.05) is 5.32 Å². The van der Waals surface area contributed by atoms with Gasteiger partial charge in [-0.05, 0) is 38.6 Å². The normalized spacial score (nSPS) is 14.7. The first-order valence-corrected chi connectivity index (χ1v) is 12.5. The molecule has 0 aliphatic carbocycles. The van der Waals surface area contributed by atoms with Crippen molar-refractivity contribution in [2.24, 2.45) is 28.9 Å². The first-order valence-electron chi connectivity index (χ1n) is 12.5. The summed E-state index contributed by atoms with van der Waals surface area (Å²) in [5.41, 5.74) is 21.4. The predicted octanol–water partition coefficient (Wildman–Crippen LogP) is -3.72. The van der Waals surface area contributed by atoms with Gasteiger partial charge in [0.2, 0.25) is 35.4 Å². The molecule has 0 saturated carbocycles. The molecule has 0 unspecified atom stereocenters. The lowest BCUT2D eigenvalue weighted by Crippen LogP contribution is -2.58. The van der Waals surface area contributed by atoms with Crippen molar-refractivity contribution in [3.8, 4) is 0 Å². The van der Waals surface area contributed by atoms with Crippen molar-refractivity contribution in [2.75, 3.05) is 6.54 Å². The maximum Gasteiger partial charge on any atom is 0.326 e. The van der Waals surface area contributed by atoms with Crippen LogP contribution in [0.2, 0.25) is 0 Å². The monoisotopic (exact) mass is 558 g/mol. The lowest BCUT2D eigenvalue weighted by Gasteiger charge is -2.26. The Bertz CT molecular complexity index is 897. The minimum absolute atomic E-state index is 0.112. The van der Waals surface area contributed by atoms with Crippen molar-refractivity contribution in [3.63, 3.8) is 0 Å². The minimum atomic E-state index is -1.71. The van der Waals surface area contributed by atoms with Crippen molar-refractivity contribution in [1.29, 1.82) is 0 Å². The van der Waals surface area contributed by atoms with Gasteiger partial charge in [0, 0.05) is 0 Å². The summed E-state index contributed by atoms with van der Waals surface area (Å²) < 4.78 is 0. The zero-order valence-corrected chi connectivity index (χ0v) is 22.5. The Morgan fingerprint density at radius 2 is 1.18 bits per heavy atom. The Labute approximate surface area is 226 Å². The highest BCUT2D eigenvalue weighted by atomic mass is 16.4. The first kappa shape index (κ1) is 35.2. The molecule has 39 heavy (non-hydrogen) atoms. The topological polar surface area (TPSA) is 292 Å². The first-order chi connectivity index (χ1) is 18.1. The van der Waals surface area contributed by atoms with Gasteiger partial charge in [0.25, 0.3) is 0 Å². The fourth-order valence-corrected chi connectivity index (χ4v) is 3.38. The molecule has 13 N–H and O–H groups in total. The molecule has 0 bridgehead atoms. The van der Waals surface area contributed by atoms with E-state index in [-0.39, 0.29) is 12.3 Å². The van der Waals surface area contributed by atoms with Crippen molar-refractivity contribution in [1.82, 2.24) is 21.3 Å².